The molecule has 0 saturated heterocycles. The smallest absolute Gasteiger partial charge is 0.138 e. The van der Waals surface area contributed by atoms with Gasteiger partial charge in [-0.2, -0.15) is 0 Å². The number of aromatic hydroxyl groups is 1. The highest BCUT2D eigenvalue weighted by atomic mass is 16.3. The molecule has 5 heteroatoms. The van der Waals surface area contributed by atoms with E-state index in [0.29, 0.717) is 23.6 Å². The van der Waals surface area contributed by atoms with Gasteiger partial charge in [0, 0.05) is 18.2 Å². The summed E-state index contributed by atoms with van der Waals surface area (Å²) < 4.78 is 0. The molecule has 5 N–H and O–H groups in total. The molecule has 20 heavy (non-hydrogen) atoms. The van der Waals surface area contributed by atoms with Crippen LogP contribution in [-0.2, 0) is 6.42 Å². The Hall–Kier alpha value is -2.30. The molecule has 0 spiro atoms. The van der Waals surface area contributed by atoms with Crippen LogP contribution in [0, 0.1) is 5.41 Å². The van der Waals surface area contributed by atoms with E-state index in [2.05, 4.69) is 30.5 Å². The minimum absolute atomic E-state index is 0.0866. The first-order valence-electron chi connectivity index (χ1n) is 6.38. The lowest BCUT2D eigenvalue weighted by Crippen LogP contribution is -2.33. The zero-order valence-corrected chi connectivity index (χ0v) is 12.1. The third-order valence-corrected chi connectivity index (χ3v) is 3.78. The Morgan fingerprint density at radius 3 is 2.60 bits per heavy atom. The van der Waals surface area contributed by atoms with Crippen LogP contribution < -0.4 is 11.5 Å². The summed E-state index contributed by atoms with van der Waals surface area (Å²) in [5, 5.41) is 9.79. The number of hydrogen-bond acceptors (Lipinski definition) is 4. The van der Waals surface area contributed by atoms with Crippen molar-refractivity contribution in [3.8, 4) is 5.75 Å². The number of nitrogen functional groups attached to an aromatic ring is 1. The van der Waals surface area contributed by atoms with E-state index in [1.54, 1.807) is 19.2 Å². The summed E-state index contributed by atoms with van der Waals surface area (Å²) in [4.78, 5) is 8.22. The van der Waals surface area contributed by atoms with Crippen LogP contribution in [0.2, 0.25) is 0 Å². The number of phenols is 1. The van der Waals surface area contributed by atoms with Gasteiger partial charge in [0.05, 0.1) is 11.4 Å². The zero-order chi connectivity index (χ0) is 15.1. The fraction of sp³-hybridized carbons (Fsp3) is 0.333. The van der Waals surface area contributed by atoms with Crippen LogP contribution in [0.5, 0.6) is 5.75 Å². The molecule has 0 heterocycles. The van der Waals surface area contributed by atoms with Crippen LogP contribution >= 0.6 is 0 Å². The summed E-state index contributed by atoms with van der Waals surface area (Å²) in [7, 11) is 1.65. The Morgan fingerprint density at radius 1 is 1.40 bits per heavy atom. The molecule has 1 aliphatic rings. The Morgan fingerprint density at radius 2 is 2.05 bits per heavy atom. The van der Waals surface area contributed by atoms with Gasteiger partial charge in [0.15, 0.2) is 0 Å². The summed E-state index contributed by atoms with van der Waals surface area (Å²) in [6.07, 6.45) is 0.660. The first kappa shape index (κ1) is 14.1. The van der Waals surface area contributed by atoms with E-state index in [0.717, 1.165) is 16.7 Å². The van der Waals surface area contributed by atoms with Crippen LogP contribution in [0.25, 0.3) is 5.70 Å². The number of nitrogens with zero attached hydrogens (tertiary/aromatic N) is 2. The fourth-order valence-electron chi connectivity index (χ4n) is 2.79. The van der Waals surface area contributed by atoms with E-state index in [1.807, 2.05) is 0 Å². The monoisotopic (exact) mass is 272 g/mol. The molecule has 1 aliphatic carbocycles. The number of phenolic OH excluding ortho intramolecular Hbond substituents is 1. The first-order valence-corrected chi connectivity index (χ1v) is 6.38. The molecule has 2 rings (SSSR count). The Bertz CT molecular complexity index is 642. The average molecular weight is 272 g/mol. The third-order valence-electron chi connectivity index (χ3n) is 3.78. The largest absolute Gasteiger partial charge is 0.506 e. The molecule has 0 amide bonds. The van der Waals surface area contributed by atoms with Gasteiger partial charge in [-0.05, 0) is 36.2 Å². The summed E-state index contributed by atoms with van der Waals surface area (Å²) in [5.41, 5.74) is 15.4. The average Bonchev–Trinajstić information content (AvgIpc) is 2.40. The lowest BCUT2D eigenvalue weighted by molar-refractivity contribution is 0.449. The molecule has 0 unspecified atom stereocenters. The second kappa shape index (κ2) is 4.67. The van der Waals surface area contributed by atoms with Crippen molar-refractivity contribution in [2.24, 2.45) is 21.1 Å². The van der Waals surface area contributed by atoms with Gasteiger partial charge in [-0.15, -0.1) is 0 Å². The fourth-order valence-corrected chi connectivity index (χ4v) is 2.79. The lowest BCUT2D eigenvalue weighted by atomic mass is 9.71. The number of amidine groups is 1. The topological polar surface area (TPSA) is 97.0 Å². The highest BCUT2D eigenvalue weighted by Gasteiger charge is 2.36. The Labute approximate surface area is 118 Å². The molecule has 0 bridgehead atoms. The zero-order valence-electron chi connectivity index (χ0n) is 12.1. The number of rotatable bonds is 2. The molecular weight excluding hydrogens is 252 g/mol. The van der Waals surface area contributed by atoms with Gasteiger partial charge >= 0.3 is 0 Å². The summed E-state index contributed by atoms with van der Waals surface area (Å²) in [5.74, 6) is 0.540. The normalized spacial score (nSPS) is 17.9. The molecular formula is C15H20N4O. The van der Waals surface area contributed by atoms with Gasteiger partial charge in [0.25, 0.3) is 0 Å². The van der Waals surface area contributed by atoms with Gasteiger partial charge < -0.3 is 16.6 Å². The SMILES string of the molecule is C=NC1=C(C(N)=NC)C(C)(C)Cc2c1ccc(O)c2N. The predicted molar refractivity (Wildman–Crippen MR) is 84.0 cm³/mol. The Kier molecular flexibility index (Phi) is 3.29. The number of nitrogens with two attached hydrogens (primary N) is 2. The number of anilines is 1. The van der Waals surface area contributed by atoms with E-state index < -0.39 is 0 Å². The van der Waals surface area contributed by atoms with Crippen molar-refractivity contribution >= 4 is 23.9 Å². The van der Waals surface area contributed by atoms with Crippen molar-refractivity contribution in [2.75, 3.05) is 12.8 Å². The van der Waals surface area contributed by atoms with Crippen molar-refractivity contribution in [3.63, 3.8) is 0 Å². The van der Waals surface area contributed by atoms with Gasteiger partial charge in [0.1, 0.15) is 11.6 Å². The summed E-state index contributed by atoms with van der Waals surface area (Å²) >= 11 is 0. The molecule has 0 atom stereocenters. The van der Waals surface area contributed by atoms with E-state index in [9.17, 15) is 5.11 Å². The minimum atomic E-state index is -0.283. The van der Waals surface area contributed by atoms with Crippen LogP contribution in [0.3, 0.4) is 0 Å². The second-order valence-electron chi connectivity index (χ2n) is 5.58. The number of fused-ring (bicyclic) bond motifs is 1. The van der Waals surface area contributed by atoms with Crippen molar-refractivity contribution in [1.29, 1.82) is 0 Å². The number of aliphatic imine (C=N–C) groups is 2. The lowest BCUT2D eigenvalue weighted by Gasteiger charge is -2.35. The Balaban J connectivity index is 2.85. The molecule has 1 aromatic carbocycles. The molecule has 106 valence electrons. The quantitative estimate of drug-likeness (QED) is 0.332. The molecule has 1 aromatic rings. The molecule has 0 aromatic heterocycles. The van der Waals surface area contributed by atoms with E-state index >= 15 is 0 Å². The molecule has 0 fully saturated rings. The van der Waals surface area contributed by atoms with Crippen molar-refractivity contribution in [3.05, 3.63) is 28.8 Å². The second-order valence-corrected chi connectivity index (χ2v) is 5.58. The van der Waals surface area contributed by atoms with Crippen LogP contribution in [0.1, 0.15) is 25.0 Å². The van der Waals surface area contributed by atoms with Crippen molar-refractivity contribution < 1.29 is 5.11 Å². The minimum Gasteiger partial charge on any atom is -0.506 e. The summed E-state index contributed by atoms with van der Waals surface area (Å²) in [6, 6.07) is 3.36. The van der Waals surface area contributed by atoms with Gasteiger partial charge in [-0.25, -0.2) is 0 Å². The highest BCUT2D eigenvalue weighted by Crippen LogP contribution is 2.46. The van der Waals surface area contributed by atoms with Crippen molar-refractivity contribution in [1.82, 2.24) is 0 Å². The van der Waals surface area contributed by atoms with Crippen LogP contribution in [0.4, 0.5) is 5.69 Å². The van der Waals surface area contributed by atoms with E-state index in [4.69, 9.17) is 11.5 Å². The molecule has 5 nitrogen and oxygen atoms in total. The van der Waals surface area contributed by atoms with Crippen LogP contribution in [-0.4, -0.2) is 24.7 Å². The standard InChI is InChI=1S/C15H20N4O/c1-15(2)7-9-8(5-6-10(20)12(9)16)13(18-3)11(15)14(17)19-4/h5-6,20H,3,7,16H2,1-2,4H3,(H2,17,19). The van der Waals surface area contributed by atoms with Gasteiger partial charge in [0.2, 0.25) is 0 Å². The van der Waals surface area contributed by atoms with Crippen molar-refractivity contribution in [2.45, 2.75) is 20.3 Å². The molecule has 0 aliphatic heterocycles. The molecule has 0 saturated carbocycles. The third kappa shape index (κ3) is 1.95. The number of hydrogen-bond donors (Lipinski definition) is 3. The van der Waals surface area contributed by atoms with E-state index in [1.165, 1.54) is 0 Å². The maximum absolute atomic E-state index is 9.79. The van der Waals surface area contributed by atoms with E-state index in [-0.39, 0.29) is 11.2 Å². The summed E-state index contributed by atoms with van der Waals surface area (Å²) in [6.45, 7) is 7.75. The van der Waals surface area contributed by atoms with Gasteiger partial charge in [-0.1, -0.05) is 13.8 Å². The predicted octanol–water partition coefficient (Wildman–Crippen LogP) is 1.96. The van der Waals surface area contributed by atoms with Gasteiger partial charge in [-0.3, -0.25) is 9.98 Å². The maximum Gasteiger partial charge on any atom is 0.138 e. The van der Waals surface area contributed by atoms with Crippen LogP contribution in [0.15, 0.2) is 27.7 Å². The highest BCUT2D eigenvalue weighted by molar-refractivity contribution is 6.06. The maximum atomic E-state index is 9.79. The first-order chi connectivity index (χ1) is 9.33. The molecule has 0 radical (unpaired) electrons. The number of benzene rings is 1.